The Kier molecular flexibility index (Phi) is 4.29. The Bertz CT molecular complexity index is 616. The lowest BCUT2D eigenvalue weighted by molar-refractivity contribution is -0.384. The summed E-state index contributed by atoms with van der Waals surface area (Å²) >= 11 is 13.1. The number of nitrogens with one attached hydrogen (secondary N) is 1. The molecule has 7 heteroatoms. The van der Waals surface area contributed by atoms with Gasteiger partial charge in [-0.25, -0.2) is 0 Å². The van der Waals surface area contributed by atoms with Crippen LogP contribution in [0.3, 0.4) is 0 Å². The van der Waals surface area contributed by atoms with Crippen molar-refractivity contribution in [1.29, 1.82) is 0 Å². The molecule has 2 rings (SSSR count). The van der Waals surface area contributed by atoms with Gasteiger partial charge < -0.3 is 5.32 Å². The van der Waals surface area contributed by atoms with Crippen molar-refractivity contribution in [3.63, 3.8) is 0 Å². The lowest BCUT2D eigenvalue weighted by atomic mass is 10.1. The Hall–Kier alpha value is -1.30. The summed E-state index contributed by atoms with van der Waals surface area (Å²) in [7, 11) is 0. The molecule has 0 amide bonds. The fourth-order valence-electron chi connectivity index (χ4n) is 1.63. The van der Waals surface area contributed by atoms with Crippen LogP contribution in [0, 0.1) is 10.1 Å². The highest BCUT2D eigenvalue weighted by molar-refractivity contribution is 7.14. The average Bonchev–Trinajstić information content (AvgIpc) is 2.78. The molecule has 1 aromatic heterocycles. The Balaban J connectivity index is 2.19. The fraction of sp³-hybridized carbons (Fsp3) is 0.167. The minimum atomic E-state index is -0.500. The van der Waals surface area contributed by atoms with E-state index < -0.39 is 4.92 Å². The van der Waals surface area contributed by atoms with Crippen molar-refractivity contribution in [2.24, 2.45) is 0 Å². The number of halogens is 2. The molecule has 1 atom stereocenters. The van der Waals surface area contributed by atoms with Crippen molar-refractivity contribution in [3.05, 3.63) is 54.7 Å². The number of anilines is 1. The van der Waals surface area contributed by atoms with Crippen LogP contribution in [0.5, 0.6) is 0 Å². The number of thiophene rings is 1. The lowest BCUT2D eigenvalue weighted by Gasteiger charge is -2.14. The van der Waals surface area contributed by atoms with Gasteiger partial charge in [-0.2, -0.15) is 0 Å². The van der Waals surface area contributed by atoms with E-state index in [1.54, 1.807) is 6.07 Å². The van der Waals surface area contributed by atoms with Gasteiger partial charge >= 0.3 is 0 Å². The zero-order valence-electron chi connectivity index (χ0n) is 9.89. The van der Waals surface area contributed by atoms with E-state index in [1.807, 2.05) is 18.4 Å². The van der Waals surface area contributed by atoms with E-state index in [0.29, 0.717) is 10.0 Å². The van der Waals surface area contributed by atoms with Crippen LogP contribution in [0.25, 0.3) is 0 Å². The number of benzene rings is 1. The van der Waals surface area contributed by atoms with E-state index in [2.05, 4.69) is 5.32 Å². The quantitative estimate of drug-likeness (QED) is 0.628. The van der Waals surface area contributed by atoms with Gasteiger partial charge in [0.2, 0.25) is 0 Å². The fourth-order valence-corrected chi connectivity index (χ4v) is 2.80. The predicted octanol–water partition coefficient (Wildman–Crippen LogP) is 5.14. The average molecular weight is 317 g/mol. The number of nitrogens with zero attached hydrogens (tertiary/aromatic N) is 1. The molecule has 0 spiro atoms. The summed E-state index contributed by atoms with van der Waals surface area (Å²) in [5.41, 5.74) is 1.57. The number of nitro benzene ring substituents is 1. The summed E-state index contributed by atoms with van der Waals surface area (Å²) in [6.45, 7) is 1.96. The topological polar surface area (TPSA) is 55.2 Å². The molecule has 1 N–H and O–H groups in total. The molecule has 1 unspecified atom stereocenters. The van der Waals surface area contributed by atoms with E-state index in [9.17, 15) is 10.1 Å². The molecule has 0 saturated heterocycles. The summed E-state index contributed by atoms with van der Waals surface area (Å²) in [5.74, 6) is 0. The van der Waals surface area contributed by atoms with E-state index in [-0.39, 0.29) is 16.8 Å². The van der Waals surface area contributed by atoms with Crippen LogP contribution in [0.1, 0.15) is 18.5 Å². The maximum atomic E-state index is 10.8. The van der Waals surface area contributed by atoms with Gasteiger partial charge in [0, 0.05) is 17.8 Å². The molecule has 0 fully saturated rings. The summed E-state index contributed by atoms with van der Waals surface area (Å²) in [6, 6.07) is 6.51. The Morgan fingerprint density at radius 3 is 2.68 bits per heavy atom. The normalized spacial score (nSPS) is 12.2. The number of nitro groups is 1. The molecular formula is C12H10Cl2N2O2S. The van der Waals surface area contributed by atoms with Gasteiger partial charge in [0.25, 0.3) is 5.69 Å². The minimum absolute atomic E-state index is 0.00419. The van der Waals surface area contributed by atoms with E-state index in [0.717, 1.165) is 5.56 Å². The molecule has 100 valence electrons. The first-order chi connectivity index (χ1) is 8.97. The second-order valence-corrected chi connectivity index (χ2v) is 5.92. The van der Waals surface area contributed by atoms with Crippen LogP contribution in [0.2, 0.25) is 9.36 Å². The summed E-state index contributed by atoms with van der Waals surface area (Å²) in [5, 5.41) is 16.1. The number of hydrogen-bond donors (Lipinski definition) is 1. The van der Waals surface area contributed by atoms with Crippen molar-refractivity contribution < 1.29 is 4.92 Å². The Morgan fingerprint density at radius 1 is 1.37 bits per heavy atom. The van der Waals surface area contributed by atoms with Crippen LogP contribution in [-0.2, 0) is 0 Å². The van der Waals surface area contributed by atoms with Crippen LogP contribution < -0.4 is 5.32 Å². The molecular weight excluding hydrogens is 307 g/mol. The molecule has 4 nitrogen and oxygen atoms in total. The van der Waals surface area contributed by atoms with E-state index in [1.165, 1.54) is 23.5 Å². The maximum Gasteiger partial charge on any atom is 0.289 e. The number of hydrogen-bond acceptors (Lipinski definition) is 4. The SMILES string of the molecule is CC(Nc1ccc(Cl)c([N+](=O)[O-])c1)c1csc(Cl)c1. The van der Waals surface area contributed by atoms with Crippen molar-refractivity contribution in [2.45, 2.75) is 13.0 Å². The second kappa shape index (κ2) is 5.77. The summed E-state index contributed by atoms with van der Waals surface area (Å²) in [4.78, 5) is 10.3. The van der Waals surface area contributed by atoms with Gasteiger partial charge in [-0.15, -0.1) is 11.3 Å². The molecule has 2 aromatic rings. The first-order valence-electron chi connectivity index (χ1n) is 5.42. The molecule has 1 aromatic carbocycles. The zero-order valence-corrected chi connectivity index (χ0v) is 12.2. The molecule has 0 saturated carbocycles. The highest BCUT2D eigenvalue weighted by Gasteiger charge is 2.14. The van der Waals surface area contributed by atoms with Crippen LogP contribution in [0.4, 0.5) is 11.4 Å². The van der Waals surface area contributed by atoms with E-state index in [4.69, 9.17) is 23.2 Å². The standard InChI is InChI=1S/C12H10Cl2N2O2S/c1-7(8-4-12(14)19-6-8)15-9-2-3-10(13)11(5-9)16(17)18/h2-7,15H,1H3. The monoisotopic (exact) mass is 316 g/mol. The van der Waals surface area contributed by atoms with Crippen molar-refractivity contribution in [2.75, 3.05) is 5.32 Å². The molecule has 19 heavy (non-hydrogen) atoms. The Morgan fingerprint density at radius 2 is 2.11 bits per heavy atom. The van der Waals surface area contributed by atoms with Crippen molar-refractivity contribution in [3.8, 4) is 0 Å². The predicted molar refractivity (Wildman–Crippen MR) is 79.5 cm³/mol. The van der Waals surface area contributed by atoms with Gasteiger partial charge in [0.05, 0.1) is 9.26 Å². The van der Waals surface area contributed by atoms with Crippen molar-refractivity contribution >= 4 is 45.9 Å². The third-order valence-electron chi connectivity index (χ3n) is 2.61. The highest BCUT2D eigenvalue weighted by Crippen LogP contribution is 2.31. The number of rotatable bonds is 4. The first kappa shape index (κ1) is 14.1. The summed E-state index contributed by atoms with van der Waals surface area (Å²) < 4.78 is 0.714. The molecule has 1 heterocycles. The largest absolute Gasteiger partial charge is 0.378 e. The van der Waals surface area contributed by atoms with Crippen LogP contribution in [-0.4, -0.2) is 4.92 Å². The minimum Gasteiger partial charge on any atom is -0.378 e. The van der Waals surface area contributed by atoms with Gasteiger partial charge in [-0.1, -0.05) is 23.2 Å². The third kappa shape index (κ3) is 3.37. The van der Waals surface area contributed by atoms with Gasteiger partial charge in [-0.3, -0.25) is 10.1 Å². The maximum absolute atomic E-state index is 10.8. The third-order valence-corrected chi connectivity index (χ3v) is 4.04. The van der Waals surface area contributed by atoms with Crippen molar-refractivity contribution in [1.82, 2.24) is 0 Å². The molecule has 0 aliphatic heterocycles. The highest BCUT2D eigenvalue weighted by atomic mass is 35.5. The van der Waals surface area contributed by atoms with Crippen LogP contribution >= 0.6 is 34.5 Å². The van der Waals surface area contributed by atoms with Gasteiger partial charge in [0.15, 0.2) is 0 Å². The molecule has 0 radical (unpaired) electrons. The van der Waals surface area contributed by atoms with Crippen LogP contribution in [0.15, 0.2) is 29.6 Å². The second-order valence-electron chi connectivity index (χ2n) is 3.97. The van der Waals surface area contributed by atoms with Gasteiger partial charge in [-0.05, 0) is 36.1 Å². The lowest BCUT2D eigenvalue weighted by Crippen LogP contribution is -2.05. The molecule has 0 aliphatic rings. The molecule has 0 bridgehead atoms. The smallest absolute Gasteiger partial charge is 0.289 e. The first-order valence-corrected chi connectivity index (χ1v) is 7.05. The van der Waals surface area contributed by atoms with Gasteiger partial charge in [0.1, 0.15) is 5.02 Å². The van der Waals surface area contributed by atoms with E-state index >= 15 is 0 Å². The Labute approximate surface area is 124 Å². The molecule has 0 aliphatic carbocycles. The zero-order chi connectivity index (χ0) is 14.0. The summed E-state index contributed by atoms with van der Waals surface area (Å²) in [6.07, 6.45) is 0.